The Bertz CT molecular complexity index is 702. The Labute approximate surface area is 123 Å². The minimum Gasteiger partial charge on any atom is -0.383 e. The number of nitrogens with zero attached hydrogens (tertiary/aromatic N) is 4. The Kier molecular flexibility index (Phi) is 4.26. The average molecular weight is 338 g/mol. The van der Waals surface area contributed by atoms with Crippen molar-refractivity contribution in [3.8, 4) is 0 Å². The molecule has 0 aliphatic carbocycles. The molecule has 1 aromatic heterocycles. The van der Waals surface area contributed by atoms with Crippen LogP contribution in [0.2, 0.25) is 0 Å². The van der Waals surface area contributed by atoms with E-state index in [0.29, 0.717) is 0 Å². The fourth-order valence-corrected chi connectivity index (χ4v) is 4.52. The van der Waals surface area contributed by atoms with Crippen molar-refractivity contribution in [3.05, 3.63) is 6.20 Å². The first-order valence-corrected chi connectivity index (χ1v) is 8.97. The van der Waals surface area contributed by atoms with E-state index in [1.807, 2.05) is 0 Å². The number of rotatable bonds is 4. The van der Waals surface area contributed by atoms with Crippen molar-refractivity contribution in [2.24, 2.45) is 0 Å². The lowest BCUT2D eigenvalue weighted by Crippen LogP contribution is -2.52. The molecule has 2 rings (SSSR count). The molecule has 0 atom stereocenters. The lowest BCUT2D eigenvalue weighted by atomic mass is 10.4. The number of sulfonamides is 1. The van der Waals surface area contributed by atoms with Crippen molar-refractivity contribution in [1.29, 1.82) is 0 Å². The first kappa shape index (κ1) is 16.2. The van der Waals surface area contributed by atoms with E-state index in [0.717, 1.165) is 10.5 Å². The summed E-state index contributed by atoms with van der Waals surface area (Å²) in [6.45, 7) is 0.328. The number of hydrogen-bond acceptors (Lipinski definition) is 6. The molecule has 0 spiro atoms. The van der Waals surface area contributed by atoms with E-state index in [1.165, 1.54) is 22.7 Å². The molecule has 0 unspecified atom stereocenters. The number of H-pyrrole nitrogens is 1. The molecule has 1 saturated heterocycles. The van der Waals surface area contributed by atoms with Crippen LogP contribution in [0.25, 0.3) is 0 Å². The molecule has 10 nitrogen and oxygen atoms in total. The van der Waals surface area contributed by atoms with Gasteiger partial charge >= 0.3 is 0 Å². The maximum Gasteiger partial charge on any atom is 0.281 e. The Morgan fingerprint density at radius 2 is 1.67 bits per heavy atom. The van der Waals surface area contributed by atoms with Crippen LogP contribution in [-0.4, -0.2) is 80.2 Å². The summed E-state index contributed by atoms with van der Waals surface area (Å²) >= 11 is 0. The van der Waals surface area contributed by atoms with E-state index < -0.39 is 20.2 Å². The van der Waals surface area contributed by atoms with Gasteiger partial charge < -0.3 is 5.73 Å². The molecule has 0 radical (unpaired) electrons. The van der Waals surface area contributed by atoms with Gasteiger partial charge in [-0.25, -0.2) is 8.42 Å². The van der Waals surface area contributed by atoms with Crippen LogP contribution in [0.3, 0.4) is 0 Å². The van der Waals surface area contributed by atoms with Crippen LogP contribution in [0, 0.1) is 0 Å². The van der Waals surface area contributed by atoms with E-state index >= 15 is 0 Å². The zero-order chi connectivity index (χ0) is 15.8. The number of piperazine rings is 1. The maximum absolute atomic E-state index is 12.4. The Morgan fingerprint density at radius 3 is 2.10 bits per heavy atom. The first-order valence-electron chi connectivity index (χ1n) is 6.14. The zero-order valence-electron chi connectivity index (χ0n) is 11.7. The van der Waals surface area contributed by atoms with Crippen LogP contribution in [0.15, 0.2) is 11.1 Å². The molecule has 1 aliphatic rings. The summed E-state index contributed by atoms with van der Waals surface area (Å²) in [4.78, 5) is -0.0913. The second kappa shape index (κ2) is 5.53. The van der Waals surface area contributed by atoms with Crippen LogP contribution in [0.5, 0.6) is 0 Å². The Morgan fingerprint density at radius 1 is 1.14 bits per heavy atom. The summed E-state index contributed by atoms with van der Waals surface area (Å²) in [6, 6.07) is 0. The quantitative estimate of drug-likeness (QED) is 0.659. The van der Waals surface area contributed by atoms with E-state index in [2.05, 4.69) is 10.2 Å². The maximum atomic E-state index is 12.4. The van der Waals surface area contributed by atoms with Gasteiger partial charge in [0.2, 0.25) is 10.0 Å². The van der Waals surface area contributed by atoms with Gasteiger partial charge in [-0.05, 0) is 0 Å². The summed E-state index contributed by atoms with van der Waals surface area (Å²) in [5.74, 6) is -0.0293. The van der Waals surface area contributed by atoms with Crippen molar-refractivity contribution in [1.82, 2.24) is 23.1 Å². The lowest BCUT2D eigenvalue weighted by molar-refractivity contribution is 0.262. The summed E-state index contributed by atoms with van der Waals surface area (Å²) < 4.78 is 52.2. The summed E-state index contributed by atoms with van der Waals surface area (Å²) in [7, 11) is -4.42. The first-order chi connectivity index (χ1) is 9.67. The van der Waals surface area contributed by atoms with Gasteiger partial charge in [-0.1, -0.05) is 0 Å². The highest BCUT2D eigenvalue weighted by atomic mass is 32.2. The topological polar surface area (TPSA) is 133 Å². The van der Waals surface area contributed by atoms with Gasteiger partial charge in [0.1, 0.15) is 10.7 Å². The molecule has 120 valence electrons. The minimum absolute atomic E-state index is 0.0293. The number of anilines is 1. The molecule has 1 fully saturated rings. The second-order valence-electron chi connectivity index (χ2n) is 4.74. The molecule has 1 aromatic rings. The zero-order valence-corrected chi connectivity index (χ0v) is 13.4. The fourth-order valence-electron chi connectivity index (χ4n) is 2.00. The monoisotopic (exact) mass is 338 g/mol. The van der Waals surface area contributed by atoms with Gasteiger partial charge in [0.05, 0.1) is 6.20 Å². The lowest BCUT2D eigenvalue weighted by Gasteiger charge is -2.34. The van der Waals surface area contributed by atoms with Crippen molar-refractivity contribution < 1.29 is 16.8 Å². The van der Waals surface area contributed by atoms with Gasteiger partial charge in [0, 0.05) is 40.3 Å². The minimum atomic E-state index is -3.76. The standard InChI is InChI=1S/C9H18N6O4S2/c1-13(2)21(18,19)15-5-3-14(4-6-15)20(16,17)8-7-11-12-9(8)10/h7H,3-6H2,1-2H3,(H3,10,11,12). The predicted octanol–water partition coefficient (Wildman–Crippen LogP) is -1.90. The van der Waals surface area contributed by atoms with Crippen molar-refractivity contribution in [2.75, 3.05) is 46.0 Å². The SMILES string of the molecule is CN(C)S(=O)(=O)N1CCN(S(=O)(=O)c2cn[nH]c2N)CC1. The highest BCUT2D eigenvalue weighted by Gasteiger charge is 2.35. The highest BCUT2D eigenvalue weighted by Crippen LogP contribution is 2.21. The van der Waals surface area contributed by atoms with Gasteiger partial charge in [-0.2, -0.15) is 26.4 Å². The predicted molar refractivity (Wildman–Crippen MR) is 75.9 cm³/mol. The molecule has 21 heavy (non-hydrogen) atoms. The molecule has 0 aromatic carbocycles. The van der Waals surface area contributed by atoms with E-state index in [9.17, 15) is 16.8 Å². The number of aromatic nitrogens is 2. The molecule has 1 aliphatic heterocycles. The van der Waals surface area contributed by atoms with E-state index in [4.69, 9.17) is 5.73 Å². The molecule has 2 heterocycles. The van der Waals surface area contributed by atoms with Crippen LogP contribution in [0.1, 0.15) is 0 Å². The van der Waals surface area contributed by atoms with Crippen LogP contribution in [-0.2, 0) is 20.2 Å². The van der Waals surface area contributed by atoms with E-state index in [-0.39, 0.29) is 36.9 Å². The third kappa shape index (κ3) is 2.89. The fraction of sp³-hybridized carbons (Fsp3) is 0.667. The van der Waals surface area contributed by atoms with Crippen molar-refractivity contribution >= 4 is 26.1 Å². The average Bonchev–Trinajstić information content (AvgIpc) is 2.85. The third-order valence-corrected chi connectivity index (χ3v) is 7.10. The smallest absolute Gasteiger partial charge is 0.281 e. The number of nitrogen functional groups attached to an aromatic ring is 1. The largest absolute Gasteiger partial charge is 0.383 e. The second-order valence-corrected chi connectivity index (χ2v) is 8.79. The van der Waals surface area contributed by atoms with E-state index in [1.54, 1.807) is 0 Å². The molecule has 0 bridgehead atoms. The normalized spacial score (nSPS) is 19.2. The van der Waals surface area contributed by atoms with Crippen molar-refractivity contribution in [3.63, 3.8) is 0 Å². The van der Waals surface area contributed by atoms with Crippen LogP contribution >= 0.6 is 0 Å². The third-order valence-electron chi connectivity index (χ3n) is 3.24. The van der Waals surface area contributed by atoms with Gasteiger partial charge in [0.15, 0.2) is 0 Å². The number of nitrogens with one attached hydrogen (secondary N) is 1. The number of hydrogen-bond donors (Lipinski definition) is 2. The number of nitrogens with two attached hydrogens (primary N) is 1. The molecule has 3 N–H and O–H groups in total. The molecule has 0 saturated carbocycles. The Balaban J connectivity index is 2.14. The van der Waals surface area contributed by atoms with Crippen molar-refractivity contribution in [2.45, 2.75) is 4.90 Å². The van der Waals surface area contributed by atoms with Crippen LogP contribution < -0.4 is 5.73 Å². The molecular formula is C9H18N6O4S2. The molecular weight excluding hydrogens is 320 g/mol. The number of aromatic amines is 1. The van der Waals surface area contributed by atoms with Crippen LogP contribution in [0.4, 0.5) is 5.82 Å². The molecule has 12 heteroatoms. The summed E-state index contributed by atoms with van der Waals surface area (Å²) in [5, 5.41) is 5.96. The molecule has 0 amide bonds. The Hall–Kier alpha value is -1.21. The highest BCUT2D eigenvalue weighted by molar-refractivity contribution is 7.89. The van der Waals surface area contributed by atoms with Gasteiger partial charge in [-0.15, -0.1) is 0 Å². The summed E-state index contributed by atoms with van der Waals surface area (Å²) in [6.07, 6.45) is 1.15. The summed E-state index contributed by atoms with van der Waals surface area (Å²) in [5.41, 5.74) is 5.53. The van der Waals surface area contributed by atoms with Gasteiger partial charge in [-0.3, -0.25) is 5.10 Å². The van der Waals surface area contributed by atoms with Gasteiger partial charge in [0.25, 0.3) is 10.2 Å².